The number of fused-ring (bicyclic) bond motifs is 1. The van der Waals surface area contributed by atoms with Crippen molar-refractivity contribution >= 4 is 46.2 Å². The molecule has 0 amide bonds. The molecule has 12 heteroatoms. The van der Waals surface area contributed by atoms with Gasteiger partial charge in [-0.1, -0.05) is 43.1 Å². The van der Waals surface area contributed by atoms with Crippen molar-refractivity contribution < 1.29 is 18.8 Å². The number of halogens is 1. The Hall–Kier alpha value is -4.22. The second-order valence-corrected chi connectivity index (χ2v) is 12.0. The summed E-state index contributed by atoms with van der Waals surface area (Å²) >= 11 is 7.80. The number of methoxy groups -OCH3 is 2. The van der Waals surface area contributed by atoms with Crippen LogP contribution in [-0.4, -0.2) is 52.9 Å². The van der Waals surface area contributed by atoms with E-state index in [2.05, 4.69) is 21.8 Å². The molecule has 1 N–H and O–H groups in total. The number of imidazole rings is 1. The van der Waals surface area contributed by atoms with E-state index < -0.39 is 4.92 Å². The van der Waals surface area contributed by atoms with Gasteiger partial charge in [-0.3, -0.25) is 10.1 Å². The fourth-order valence-corrected chi connectivity index (χ4v) is 6.05. The van der Waals surface area contributed by atoms with Crippen LogP contribution in [0.4, 0.5) is 11.7 Å². The van der Waals surface area contributed by atoms with Crippen molar-refractivity contribution in [1.29, 1.82) is 0 Å². The lowest BCUT2D eigenvalue weighted by molar-refractivity contribution is -0.384. The number of ether oxygens (including phenoxy) is 2. The molecule has 0 spiro atoms. The van der Waals surface area contributed by atoms with Gasteiger partial charge in [-0.05, 0) is 73.9 Å². The van der Waals surface area contributed by atoms with E-state index >= 15 is 0 Å². The third-order valence-corrected chi connectivity index (χ3v) is 8.69. The molecule has 0 aliphatic heterocycles. The molecule has 5 aromatic rings. The number of thioether (sulfide) groups is 1. The maximum absolute atomic E-state index is 11.3. The molecule has 45 heavy (non-hydrogen) atoms. The van der Waals surface area contributed by atoms with Gasteiger partial charge in [-0.15, -0.1) is 0 Å². The molecule has 2 aromatic heterocycles. The van der Waals surface area contributed by atoms with E-state index in [0.29, 0.717) is 17.1 Å². The topological polar surface area (TPSA) is 120 Å². The lowest BCUT2D eigenvalue weighted by Gasteiger charge is -2.20. The number of hydrogen-bond acceptors (Lipinski definition) is 9. The molecular weight excluding hydrogens is 614 g/mol. The quantitative estimate of drug-likeness (QED) is 0.0483. The fourth-order valence-electron chi connectivity index (χ4n) is 4.95. The van der Waals surface area contributed by atoms with Crippen LogP contribution in [0.5, 0.6) is 11.5 Å². The fraction of sp³-hybridized carbons (Fsp3) is 0.333. The molecule has 5 rings (SSSR count). The SMILES string of the molecule is CCCCN(CCCCCSc1nc(-c2ccc(OC)cc2)c(-c2ccc(OC)cc2)[nH]1)c1nc2cc(Cl)c([N+](=O)[O-])cc2o1. The normalized spacial score (nSPS) is 11.2. The lowest BCUT2D eigenvalue weighted by Crippen LogP contribution is -2.26. The molecule has 0 saturated carbocycles. The van der Waals surface area contributed by atoms with Crippen LogP contribution in [0, 0.1) is 10.1 Å². The number of anilines is 1. The monoisotopic (exact) mass is 649 g/mol. The Morgan fingerprint density at radius 1 is 0.933 bits per heavy atom. The number of nitrogens with zero attached hydrogens (tertiary/aromatic N) is 4. The summed E-state index contributed by atoms with van der Waals surface area (Å²) in [7, 11) is 3.32. The predicted molar refractivity (Wildman–Crippen MR) is 180 cm³/mol. The summed E-state index contributed by atoms with van der Waals surface area (Å²) in [5.74, 6) is 2.52. The number of oxazole rings is 1. The number of rotatable bonds is 16. The zero-order valence-corrected chi connectivity index (χ0v) is 27.1. The first-order chi connectivity index (χ1) is 21.9. The zero-order chi connectivity index (χ0) is 31.8. The van der Waals surface area contributed by atoms with Gasteiger partial charge in [-0.2, -0.15) is 4.98 Å². The molecule has 0 atom stereocenters. The van der Waals surface area contributed by atoms with Crippen LogP contribution in [-0.2, 0) is 0 Å². The van der Waals surface area contributed by atoms with Crippen molar-refractivity contribution in [2.45, 2.75) is 44.2 Å². The van der Waals surface area contributed by atoms with Crippen LogP contribution in [0.3, 0.4) is 0 Å². The van der Waals surface area contributed by atoms with E-state index in [1.807, 2.05) is 48.5 Å². The Labute approximate surface area is 271 Å². The van der Waals surface area contributed by atoms with Gasteiger partial charge in [0.1, 0.15) is 22.0 Å². The standard InChI is InChI=1S/C33H36ClN5O5S/c1-4-5-17-38(33-35-27-20-26(34)28(39(40)41)21-29(27)44-33)18-7-6-8-19-45-32-36-30(22-9-13-24(42-2)14-10-22)31(37-32)23-11-15-25(43-3)16-12-23/h9-16,20-21H,4-8,17-19H2,1-3H3,(H,36,37). The highest BCUT2D eigenvalue weighted by Crippen LogP contribution is 2.35. The molecule has 236 valence electrons. The summed E-state index contributed by atoms with van der Waals surface area (Å²) in [6.07, 6.45) is 5.00. The van der Waals surface area contributed by atoms with Gasteiger partial charge in [-0.25, -0.2) is 4.98 Å². The molecule has 0 radical (unpaired) electrons. The highest BCUT2D eigenvalue weighted by atomic mass is 35.5. The summed E-state index contributed by atoms with van der Waals surface area (Å²) in [6.45, 7) is 3.71. The van der Waals surface area contributed by atoms with Gasteiger partial charge < -0.3 is 23.8 Å². The molecule has 0 fully saturated rings. The maximum atomic E-state index is 11.3. The molecule has 0 saturated heterocycles. The van der Waals surface area contributed by atoms with Crippen LogP contribution in [0.1, 0.15) is 39.0 Å². The number of nitro groups is 1. The molecular formula is C33H36ClN5O5S. The average molecular weight is 650 g/mol. The predicted octanol–water partition coefficient (Wildman–Crippen LogP) is 9.03. The summed E-state index contributed by atoms with van der Waals surface area (Å²) < 4.78 is 16.6. The van der Waals surface area contributed by atoms with Crippen LogP contribution in [0.25, 0.3) is 33.6 Å². The molecule has 0 unspecified atom stereocenters. The lowest BCUT2D eigenvalue weighted by atomic mass is 10.0. The second-order valence-electron chi connectivity index (χ2n) is 10.5. The molecule has 0 bridgehead atoms. The summed E-state index contributed by atoms with van der Waals surface area (Å²) in [5, 5.41) is 12.2. The maximum Gasteiger partial charge on any atom is 0.298 e. The summed E-state index contributed by atoms with van der Waals surface area (Å²) in [4.78, 5) is 26.0. The number of nitro benzene ring substituents is 1. The number of nitrogens with one attached hydrogen (secondary N) is 1. The van der Waals surface area contributed by atoms with Crippen molar-refractivity contribution in [3.8, 4) is 34.0 Å². The first-order valence-electron chi connectivity index (χ1n) is 14.9. The molecule has 0 aliphatic rings. The van der Waals surface area contributed by atoms with Crippen molar-refractivity contribution in [3.63, 3.8) is 0 Å². The highest BCUT2D eigenvalue weighted by molar-refractivity contribution is 7.99. The largest absolute Gasteiger partial charge is 0.497 e. The van der Waals surface area contributed by atoms with E-state index in [-0.39, 0.29) is 10.7 Å². The molecule has 2 heterocycles. The van der Waals surface area contributed by atoms with Gasteiger partial charge in [0, 0.05) is 30.0 Å². The van der Waals surface area contributed by atoms with Gasteiger partial charge in [0.15, 0.2) is 10.7 Å². The minimum atomic E-state index is -0.515. The number of unbranched alkanes of at least 4 members (excludes halogenated alkanes) is 3. The Kier molecular flexibility index (Phi) is 10.9. The van der Waals surface area contributed by atoms with E-state index in [1.54, 1.807) is 26.0 Å². The number of hydrogen-bond donors (Lipinski definition) is 1. The van der Waals surface area contributed by atoms with Gasteiger partial charge in [0.05, 0.1) is 36.6 Å². The van der Waals surface area contributed by atoms with E-state index in [1.165, 1.54) is 12.1 Å². The van der Waals surface area contributed by atoms with Crippen LogP contribution in [0.2, 0.25) is 5.02 Å². The third kappa shape index (κ3) is 7.90. The van der Waals surface area contributed by atoms with Gasteiger partial charge in [0.2, 0.25) is 0 Å². The number of H-pyrrole nitrogens is 1. The van der Waals surface area contributed by atoms with Crippen molar-refractivity contribution in [2.24, 2.45) is 0 Å². The smallest absolute Gasteiger partial charge is 0.298 e. The highest BCUT2D eigenvalue weighted by Gasteiger charge is 2.20. The second kappa shape index (κ2) is 15.2. The van der Waals surface area contributed by atoms with Crippen molar-refractivity contribution in [1.82, 2.24) is 15.0 Å². The van der Waals surface area contributed by atoms with Crippen molar-refractivity contribution in [2.75, 3.05) is 38.0 Å². The minimum Gasteiger partial charge on any atom is -0.497 e. The third-order valence-electron chi connectivity index (χ3n) is 7.43. The molecule has 0 aliphatic carbocycles. The van der Waals surface area contributed by atoms with Crippen LogP contribution in [0.15, 0.2) is 70.2 Å². The zero-order valence-electron chi connectivity index (χ0n) is 25.5. The number of benzene rings is 3. The summed E-state index contributed by atoms with van der Waals surface area (Å²) in [5.41, 5.74) is 4.58. The first kappa shape index (κ1) is 32.2. The number of aromatic nitrogens is 3. The van der Waals surface area contributed by atoms with Crippen LogP contribution < -0.4 is 14.4 Å². The Bertz CT molecular complexity index is 1660. The van der Waals surface area contributed by atoms with E-state index in [9.17, 15) is 10.1 Å². The summed E-state index contributed by atoms with van der Waals surface area (Å²) in [6, 6.07) is 19.2. The average Bonchev–Trinajstić information content (AvgIpc) is 3.67. The van der Waals surface area contributed by atoms with Gasteiger partial charge in [0.25, 0.3) is 11.7 Å². The molecule has 10 nitrogen and oxygen atoms in total. The molecule has 3 aromatic carbocycles. The van der Waals surface area contributed by atoms with Crippen molar-refractivity contribution in [3.05, 3.63) is 75.8 Å². The Morgan fingerprint density at radius 2 is 1.60 bits per heavy atom. The van der Waals surface area contributed by atoms with Crippen LogP contribution >= 0.6 is 23.4 Å². The van der Waals surface area contributed by atoms with Gasteiger partial charge >= 0.3 is 0 Å². The Balaban J connectivity index is 1.21. The Morgan fingerprint density at radius 3 is 2.24 bits per heavy atom. The number of aromatic amines is 1. The minimum absolute atomic E-state index is 0.0498. The van der Waals surface area contributed by atoms with E-state index in [4.69, 9.17) is 30.5 Å². The first-order valence-corrected chi connectivity index (χ1v) is 16.3. The van der Waals surface area contributed by atoms with E-state index in [0.717, 1.165) is 90.1 Å².